The molecule has 6 nitrogen and oxygen atoms in total. The number of amides is 1. The van der Waals surface area contributed by atoms with Gasteiger partial charge >= 0.3 is 0 Å². The molecule has 6 heteroatoms. The average molecular weight is 440 g/mol. The number of aryl methyl sites for hydroxylation is 1. The third-order valence-electron chi connectivity index (χ3n) is 6.75. The third kappa shape index (κ3) is 4.53. The molecule has 172 valence electrons. The Bertz CT molecular complexity index is 936. The van der Waals surface area contributed by atoms with Crippen molar-refractivity contribution in [3.63, 3.8) is 0 Å². The average Bonchev–Trinajstić information content (AvgIpc) is 3.08. The first-order chi connectivity index (χ1) is 15.3. The van der Waals surface area contributed by atoms with E-state index in [1.807, 2.05) is 50.2 Å². The van der Waals surface area contributed by atoms with Crippen LogP contribution in [0.2, 0.25) is 0 Å². The van der Waals surface area contributed by atoms with Crippen LogP contribution in [0.1, 0.15) is 39.2 Å². The number of hydrogen-bond donors (Lipinski definition) is 2. The lowest BCUT2D eigenvalue weighted by atomic mass is 9.76. The van der Waals surface area contributed by atoms with Crippen LogP contribution in [-0.4, -0.2) is 47.1 Å². The monoisotopic (exact) mass is 439 g/mol. The highest BCUT2D eigenvalue weighted by Crippen LogP contribution is 2.42. The molecular formula is C26H33NO5. The first-order valence-corrected chi connectivity index (χ1v) is 11.4. The number of hydrogen-bond acceptors (Lipinski definition) is 5. The van der Waals surface area contributed by atoms with Crippen LogP contribution in [0.3, 0.4) is 0 Å². The first kappa shape index (κ1) is 22.8. The summed E-state index contributed by atoms with van der Waals surface area (Å²) in [6.07, 6.45) is 2.13. The maximum absolute atomic E-state index is 12.5. The standard InChI is InChI=1S/C26H33NO5/c1-17-21(32-23(14-15-28)25(17)26(2,3)30)13-10-18-8-11-19(12-9-18)27-20-6-4-5-7-22(20)31-16-24(27)29/h4-9,11-12,17,21,23,25,28,30H,10,13-16H2,1-3H3/t17-,21+,23-,25+/m1/s1. The lowest BCUT2D eigenvalue weighted by Gasteiger charge is -2.32. The van der Waals surface area contributed by atoms with E-state index in [0.717, 1.165) is 24.2 Å². The maximum Gasteiger partial charge on any atom is 0.269 e. The Balaban J connectivity index is 1.43. The quantitative estimate of drug-likeness (QED) is 0.685. The first-order valence-electron chi connectivity index (χ1n) is 11.4. The zero-order valence-electron chi connectivity index (χ0n) is 19.0. The molecule has 4 atom stereocenters. The zero-order chi connectivity index (χ0) is 22.9. The van der Waals surface area contributed by atoms with Crippen molar-refractivity contribution in [3.05, 3.63) is 54.1 Å². The van der Waals surface area contributed by atoms with E-state index in [2.05, 4.69) is 19.1 Å². The SMILES string of the molecule is C[C@H]1[C@H](C(C)(C)O)[C@@H](CCO)O[C@H]1CCc1ccc(N2C(=O)COc3ccccc32)cc1. The van der Waals surface area contributed by atoms with Crippen LogP contribution in [-0.2, 0) is 16.0 Å². The van der Waals surface area contributed by atoms with Crippen molar-refractivity contribution in [2.45, 2.75) is 57.8 Å². The molecule has 4 rings (SSSR count). The number of aliphatic hydroxyl groups excluding tert-OH is 1. The molecule has 2 N–H and O–H groups in total. The van der Waals surface area contributed by atoms with Gasteiger partial charge in [0.1, 0.15) is 5.75 Å². The molecular weight excluding hydrogens is 406 g/mol. The van der Waals surface area contributed by atoms with Gasteiger partial charge in [-0.2, -0.15) is 0 Å². The fourth-order valence-corrected chi connectivity index (χ4v) is 5.31. The van der Waals surface area contributed by atoms with Gasteiger partial charge in [0.05, 0.1) is 23.5 Å². The molecule has 0 spiro atoms. The number of carbonyl (C=O) groups is 1. The van der Waals surface area contributed by atoms with Gasteiger partial charge < -0.3 is 19.7 Å². The van der Waals surface area contributed by atoms with E-state index >= 15 is 0 Å². The molecule has 0 radical (unpaired) electrons. The number of ether oxygens (including phenoxy) is 2. The molecule has 2 aliphatic rings. The molecule has 32 heavy (non-hydrogen) atoms. The Labute approximate surface area is 189 Å². The van der Waals surface area contributed by atoms with Crippen LogP contribution in [0, 0.1) is 11.8 Å². The van der Waals surface area contributed by atoms with Gasteiger partial charge in [0, 0.05) is 18.2 Å². The molecule has 2 aromatic rings. The lowest BCUT2D eigenvalue weighted by Crippen LogP contribution is -2.40. The molecule has 2 aromatic carbocycles. The molecule has 1 fully saturated rings. The van der Waals surface area contributed by atoms with E-state index in [1.54, 1.807) is 4.90 Å². The van der Waals surface area contributed by atoms with Crippen LogP contribution in [0.4, 0.5) is 11.4 Å². The van der Waals surface area contributed by atoms with Gasteiger partial charge in [-0.1, -0.05) is 31.2 Å². The van der Waals surface area contributed by atoms with Gasteiger partial charge in [-0.05, 0) is 68.9 Å². The van der Waals surface area contributed by atoms with E-state index in [9.17, 15) is 15.0 Å². The third-order valence-corrected chi connectivity index (χ3v) is 6.75. The van der Waals surface area contributed by atoms with E-state index in [4.69, 9.17) is 9.47 Å². The van der Waals surface area contributed by atoms with Gasteiger partial charge in [0.25, 0.3) is 5.91 Å². The summed E-state index contributed by atoms with van der Waals surface area (Å²) in [7, 11) is 0. The van der Waals surface area contributed by atoms with Crippen molar-refractivity contribution in [2.75, 3.05) is 18.1 Å². The van der Waals surface area contributed by atoms with E-state index in [-0.39, 0.29) is 43.2 Å². The fourth-order valence-electron chi connectivity index (χ4n) is 5.31. The zero-order valence-corrected chi connectivity index (χ0v) is 19.0. The topological polar surface area (TPSA) is 79.2 Å². The summed E-state index contributed by atoms with van der Waals surface area (Å²) in [6.45, 7) is 5.88. The van der Waals surface area contributed by atoms with Gasteiger partial charge in [-0.15, -0.1) is 0 Å². The van der Waals surface area contributed by atoms with Crippen molar-refractivity contribution >= 4 is 17.3 Å². The summed E-state index contributed by atoms with van der Waals surface area (Å²) in [5.41, 5.74) is 1.91. The van der Waals surface area contributed by atoms with Gasteiger partial charge in [-0.3, -0.25) is 9.69 Å². The summed E-state index contributed by atoms with van der Waals surface area (Å²) < 4.78 is 11.8. The highest BCUT2D eigenvalue weighted by molar-refractivity contribution is 6.04. The molecule has 0 aromatic heterocycles. The minimum atomic E-state index is -0.851. The Morgan fingerprint density at radius 2 is 1.78 bits per heavy atom. The highest BCUT2D eigenvalue weighted by atomic mass is 16.5. The Kier molecular flexibility index (Phi) is 6.56. The van der Waals surface area contributed by atoms with Gasteiger partial charge in [0.15, 0.2) is 6.61 Å². The van der Waals surface area contributed by atoms with E-state index in [1.165, 1.54) is 5.56 Å². The van der Waals surface area contributed by atoms with Gasteiger partial charge in [-0.25, -0.2) is 0 Å². The Morgan fingerprint density at radius 3 is 2.47 bits per heavy atom. The minimum Gasteiger partial charge on any atom is -0.482 e. The molecule has 1 saturated heterocycles. The second kappa shape index (κ2) is 9.22. The number of rotatable bonds is 7. The molecule has 2 aliphatic heterocycles. The van der Waals surface area contributed by atoms with Crippen LogP contribution in [0.15, 0.2) is 48.5 Å². The number of anilines is 2. The van der Waals surface area contributed by atoms with Crippen molar-refractivity contribution in [1.82, 2.24) is 0 Å². The largest absolute Gasteiger partial charge is 0.482 e. The van der Waals surface area contributed by atoms with Crippen LogP contribution in [0.25, 0.3) is 0 Å². The number of benzene rings is 2. The predicted molar refractivity (Wildman–Crippen MR) is 123 cm³/mol. The molecule has 2 heterocycles. The second-order valence-electron chi connectivity index (χ2n) is 9.45. The van der Waals surface area contributed by atoms with Crippen molar-refractivity contribution < 1.29 is 24.5 Å². The number of carbonyl (C=O) groups excluding carboxylic acids is 1. The van der Waals surface area contributed by atoms with E-state index in [0.29, 0.717) is 12.2 Å². The van der Waals surface area contributed by atoms with Crippen LogP contribution in [0.5, 0.6) is 5.75 Å². The predicted octanol–water partition coefficient (Wildman–Crippen LogP) is 3.85. The fraction of sp³-hybridized carbons (Fsp3) is 0.500. The maximum atomic E-state index is 12.5. The van der Waals surface area contributed by atoms with Crippen molar-refractivity contribution in [2.24, 2.45) is 11.8 Å². The summed E-state index contributed by atoms with van der Waals surface area (Å²) in [6, 6.07) is 15.6. The van der Waals surface area contributed by atoms with Crippen molar-refractivity contribution in [3.8, 4) is 5.75 Å². The summed E-state index contributed by atoms with van der Waals surface area (Å²) in [5.74, 6) is 0.822. The van der Waals surface area contributed by atoms with Crippen molar-refractivity contribution in [1.29, 1.82) is 0 Å². The highest BCUT2D eigenvalue weighted by Gasteiger charge is 2.47. The normalized spacial score (nSPS) is 25.5. The number of para-hydroxylation sites is 2. The van der Waals surface area contributed by atoms with Gasteiger partial charge in [0.2, 0.25) is 0 Å². The van der Waals surface area contributed by atoms with Crippen LogP contribution >= 0.6 is 0 Å². The molecule has 0 aliphatic carbocycles. The summed E-state index contributed by atoms with van der Waals surface area (Å²) in [5, 5.41) is 20.0. The summed E-state index contributed by atoms with van der Waals surface area (Å²) in [4.78, 5) is 14.2. The molecule has 0 saturated carbocycles. The Morgan fingerprint density at radius 1 is 1.06 bits per heavy atom. The van der Waals surface area contributed by atoms with Crippen LogP contribution < -0.4 is 9.64 Å². The smallest absolute Gasteiger partial charge is 0.269 e. The minimum absolute atomic E-state index is 0.00516. The second-order valence-corrected chi connectivity index (χ2v) is 9.45. The number of nitrogens with zero attached hydrogens (tertiary/aromatic N) is 1. The summed E-state index contributed by atoms with van der Waals surface area (Å²) >= 11 is 0. The lowest BCUT2D eigenvalue weighted by molar-refractivity contribution is -0.120. The van der Waals surface area contributed by atoms with E-state index < -0.39 is 5.60 Å². The Hall–Kier alpha value is -2.41. The number of aliphatic hydroxyl groups is 2. The molecule has 1 amide bonds. The molecule has 0 bridgehead atoms. The molecule has 0 unspecified atom stereocenters. The number of fused-ring (bicyclic) bond motifs is 1.